The molecule has 1 N–H and O–H groups in total. The van der Waals surface area contributed by atoms with E-state index < -0.39 is 11.7 Å². The first-order valence-corrected chi connectivity index (χ1v) is 13.8. The molecule has 2 fully saturated rings. The van der Waals surface area contributed by atoms with E-state index >= 15 is 0 Å². The standard InChI is InChI=1S/C29H30Cl2F3N3O/c30-25-5-1-19(15-26(25)31)2-6-28(38)37-13-7-20(8-14-37)18-36-11-9-21(10-12-36)24-17-35-27-16-22(29(32,33)34)3-4-23(24)27/h1-6,15-17,20-21,35H,7-14,18H2. The lowest BCUT2D eigenvalue weighted by atomic mass is 9.88. The molecule has 38 heavy (non-hydrogen) atoms. The summed E-state index contributed by atoms with van der Waals surface area (Å²) in [4.78, 5) is 20.1. The molecule has 1 aromatic heterocycles. The molecular formula is C29H30Cl2F3N3O. The number of piperidine rings is 2. The van der Waals surface area contributed by atoms with E-state index in [1.54, 1.807) is 30.4 Å². The number of nitrogens with zero attached hydrogens (tertiary/aromatic N) is 2. The maximum atomic E-state index is 13.0. The highest BCUT2D eigenvalue weighted by Gasteiger charge is 2.31. The van der Waals surface area contributed by atoms with Gasteiger partial charge in [0.05, 0.1) is 15.6 Å². The Bertz CT molecular complexity index is 1320. The number of hydrogen-bond donors (Lipinski definition) is 1. The average Bonchev–Trinajstić information content (AvgIpc) is 3.33. The summed E-state index contributed by atoms with van der Waals surface area (Å²) in [5.41, 5.74) is 1.88. The summed E-state index contributed by atoms with van der Waals surface area (Å²) in [5, 5.41) is 1.84. The van der Waals surface area contributed by atoms with E-state index in [4.69, 9.17) is 23.2 Å². The molecule has 9 heteroatoms. The fourth-order valence-electron chi connectivity index (χ4n) is 5.68. The summed E-state index contributed by atoms with van der Waals surface area (Å²) in [5.74, 6) is 0.915. The van der Waals surface area contributed by atoms with E-state index in [0.717, 1.165) is 74.9 Å². The Balaban J connectivity index is 1.08. The monoisotopic (exact) mass is 563 g/mol. The van der Waals surface area contributed by atoms with Gasteiger partial charge < -0.3 is 14.8 Å². The number of amides is 1. The third-order valence-corrected chi connectivity index (χ3v) is 8.61. The molecule has 0 saturated carbocycles. The lowest BCUT2D eigenvalue weighted by Crippen LogP contribution is -2.42. The zero-order chi connectivity index (χ0) is 26.9. The zero-order valence-electron chi connectivity index (χ0n) is 20.9. The normalized spacial score (nSPS) is 18.6. The topological polar surface area (TPSA) is 39.3 Å². The molecule has 202 valence electrons. The summed E-state index contributed by atoms with van der Waals surface area (Å²) >= 11 is 12.0. The number of H-pyrrole nitrogens is 1. The number of hydrogen-bond acceptors (Lipinski definition) is 2. The predicted octanol–water partition coefficient (Wildman–Crippen LogP) is 7.62. The molecule has 2 aromatic carbocycles. The van der Waals surface area contributed by atoms with Gasteiger partial charge in [-0.05, 0) is 92.1 Å². The van der Waals surface area contributed by atoms with Crippen molar-refractivity contribution in [2.45, 2.75) is 37.8 Å². The smallest absolute Gasteiger partial charge is 0.361 e. The second kappa shape index (κ2) is 11.3. The number of aromatic nitrogens is 1. The van der Waals surface area contributed by atoms with Gasteiger partial charge in [0.1, 0.15) is 0 Å². The Morgan fingerprint density at radius 1 is 0.974 bits per heavy atom. The van der Waals surface area contributed by atoms with E-state index in [-0.39, 0.29) is 5.91 Å². The second-order valence-corrected chi connectivity index (χ2v) is 11.2. The highest BCUT2D eigenvalue weighted by molar-refractivity contribution is 6.42. The van der Waals surface area contributed by atoms with Crippen molar-refractivity contribution in [3.05, 3.63) is 75.4 Å². The number of benzene rings is 2. The number of alkyl halides is 3. The minimum atomic E-state index is -4.34. The van der Waals surface area contributed by atoms with Crippen LogP contribution in [0, 0.1) is 5.92 Å². The molecule has 5 rings (SSSR count). The lowest BCUT2D eigenvalue weighted by molar-refractivity contribution is -0.137. The van der Waals surface area contributed by atoms with Gasteiger partial charge in [-0.2, -0.15) is 13.2 Å². The highest BCUT2D eigenvalue weighted by atomic mass is 35.5. The first kappa shape index (κ1) is 27.1. The molecule has 0 atom stereocenters. The Labute approximate surface area is 230 Å². The van der Waals surface area contributed by atoms with E-state index in [9.17, 15) is 18.0 Å². The van der Waals surface area contributed by atoms with Crippen molar-refractivity contribution in [2.24, 2.45) is 5.92 Å². The molecule has 0 radical (unpaired) electrons. The molecule has 0 spiro atoms. The van der Waals surface area contributed by atoms with Crippen LogP contribution in [0.2, 0.25) is 10.0 Å². The Hall–Kier alpha value is -2.48. The molecular weight excluding hydrogens is 534 g/mol. The highest BCUT2D eigenvalue weighted by Crippen LogP contribution is 2.37. The van der Waals surface area contributed by atoms with E-state index in [1.165, 1.54) is 12.1 Å². The number of aromatic amines is 1. The van der Waals surface area contributed by atoms with Crippen LogP contribution in [0.5, 0.6) is 0 Å². The fraction of sp³-hybridized carbons (Fsp3) is 0.414. The van der Waals surface area contributed by atoms with Crippen LogP contribution < -0.4 is 0 Å². The molecule has 1 amide bonds. The zero-order valence-corrected chi connectivity index (χ0v) is 22.4. The van der Waals surface area contributed by atoms with Crippen LogP contribution in [0.25, 0.3) is 17.0 Å². The van der Waals surface area contributed by atoms with Crippen molar-refractivity contribution in [3.63, 3.8) is 0 Å². The fourth-order valence-corrected chi connectivity index (χ4v) is 5.99. The van der Waals surface area contributed by atoms with Crippen LogP contribution in [0.4, 0.5) is 13.2 Å². The van der Waals surface area contributed by atoms with Crippen LogP contribution in [0.3, 0.4) is 0 Å². The summed E-state index contributed by atoms with van der Waals surface area (Å²) < 4.78 is 39.1. The van der Waals surface area contributed by atoms with E-state index in [0.29, 0.717) is 27.4 Å². The Morgan fingerprint density at radius 2 is 1.71 bits per heavy atom. The lowest BCUT2D eigenvalue weighted by Gasteiger charge is -2.37. The Kier molecular flexibility index (Phi) is 8.08. The number of carbonyl (C=O) groups is 1. The minimum absolute atomic E-state index is 0.0106. The maximum Gasteiger partial charge on any atom is 0.416 e. The van der Waals surface area contributed by atoms with Gasteiger partial charge in [0.25, 0.3) is 0 Å². The largest absolute Gasteiger partial charge is 0.416 e. The van der Waals surface area contributed by atoms with Crippen molar-refractivity contribution in [2.75, 3.05) is 32.7 Å². The van der Waals surface area contributed by atoms with E-state index in [2.05, 4.69) is 9.88 Å². The minimum Gasteiger partial charge on any atom is -0.361 e. The summed E-state index contributed by atoms with van der Waals surface area (Å²) in [6.07, 6.45) is 4.86. The van der Waals surface area contributed by atoms with Crippen molar-refractivity contribution in [1.82, 2.24) is 14.8 Å². The molecule has 2 aliphatic heterocycles. The van der Waals surface area contributed by atoms with Gasteiger partial charge >= 0.3 is 6.18 Å². The van der Waals surface area contributed by atoms with Gasteiger partial charge in [0.15, 0.2) is 0 Å². The molecule has 0 unspecified atom stereocenters. The summed E-state index contributed by atoms with van der Waals surface area (Å²) in [6.45, 7) is 4.48. The van der Waals surface area contributed by atoms with Gasteiger partial charge in [-0.15, -0.1) is 0 Å². The SMILES string of the molecule is O=C(C=Cc1ccc(Cl)c(Cl)c1)N1CCC(CN2CCC(c3c[nH]c4cc(C(F)(F)F)ccc34)CC2)CC1. The third-order valence-electron chi connectivity index (χ3n) is 7.87. The molecule has 2 saturated heterocycles. The number of rotatable bonds is 5. The third kappa shape index (κ3) is 6.22. The maximum absolute atomic E-state index is 13.0. The van der Waals surface area contributed by atoms with Crippen molar-refractivity contribution < 1.29 is 18.0 Å². The predicted molar refractivity (Wildman–Crippen MR) is 147 cm³/mol. The molecule has 3 aromatic rings. The molecule has 2 aliphatic rings. The van der Waals surface area contributed by atoms with E-state index in [1.807, 2.05) is 17.2 Å². The number of halogens is 5. The van der Waals surface area contributed by atoms with Gasteiger partial charge in [0, 0.05) is 42.8 Å². The number of likely N-dealkylation sites (tertiary alicyclic amines) is 2. The van der Waals surface area contributed by atoms with Gasteiger partial charge in [-0.3, -0.25) is 4.79 Å². The quantitative estimate of drug-likeness (QED) is 0.324. The molecule has 0 bridgehead atoms. The number of nitrogens with one attached hydrogen (secondary N) is 1. The summed E-state index contributed by atoms with van der Waals surface area (Å²) in [7, 11) is 0. The number of fused-ring (bicyclic) bond motifs is 1. The van der Waals surface area contributed by atoms with Crippen molar-refractivity contribution >= 4 is 46.1 Å². The Morgan fingerprint density at radius 3 is 2.39 bits per heavy atom. The van der Waals surface area contributed by atoms with Crippen LogP contribution in [0.1, 0.15) is 48.3 Å². The first-order valence-electron chi connectivity index (χ1n) is 13.0. The molecule has 0 aliphatic carbocycles. The van der Waals surface area contributed by atoms with Gasteiger partial charge in [-0.25, -0.2) is 0 Å². The molecule has 3 heterocycles. The van der Waals surface area contributed by atoms with Crippen molar-refractivity contribution in [3.8, 4) is 0 Å². The summed E-state index contributed by atoms with van der Waals surface area (Å²) in [6, 6.07) is 9.27. The van der Waals surface area contributed by atoms with Crippen LogP contribution in [0.15, 0.2) is 48.7 Å². The second-order valence-electron chi connectivity index (χ2n) is 10.4. The van der Waals surface area contributed by atoms with Crippen LogP contribution in [-0.2, 0) is 11.0 Å². The van der Waals surface area contributed by atoms with Gasteiger partial charge in [-0.1, -0.05) is 35.3 Å². The van der Waals surface area contributed by atoms with Crippen LogP contribution >= 0.6 is 23.2 Å². The molecule has 4 nitrogen and oxygen atoms in total. The first-order chi connectivity index (χ1) is 18.2. The van der Waals surface area contributed by atoms with Gasteiger partial charge in [0.2, 0.25) is 5.91 Å². The van der Waals surface area contributed by atoms with Crippen LogP contribution in [-0.4, -0.2) is 53.4 Å². The average molecular weight is 564 g/mol. The van der Waals surface area contributed by atoms with Crippen molar-refractivity contribution in [1.29, 1.82) is 0 Å². The number of carbonyl (C=O) groups excluding carboxylic acids is 1.